The summed E-state index contributed by atoms with van der Waals surface area (Å²) in [6.45, 7) is -0.0109. The number of nitrogens with one attached hydrogen (secondary N) is 1. The van der Waals surface area contributed by atoms with Gasteiger partial charge in [0.1, 0.15) is 6.61 Å². The Morgan fingerprint density at radius 1 is 1.35 bits per heavy atom. The summed E-state index contributed by atoms with van der Waals surface area (Å²) >= 11 is 0. The standard InChI is InChI=1S/C13H14N2O4S/c16-9-3-5-11-4-1-2-6-12(11)20(18,19)15-8-7-14-13(17)10-15/h1-2,4,6,16H,7-10H2,(H,14,17). The van der Waals surface area contributed by atoms with Gasteiger partial charge < -0.3 is 10.4 Å². The number of carbonyl (C=O) groups is 1. The van der Waals surface area contributed by atoms with Crippen molar-refractivity contribution in [3.05, 3.63) is 29.8 Å². The van der Waals surface area contributed by atoms with E-state index in [0.717, 1.165) is 4.31 Å². The second-order valence-electron chi connectivity index (χ2n) is 4.14. The van der Waals surface area contributed by atoms with Gasteiger partial charge in [0, 0.05) is 18.7 Å². The number of aliphatic hydroxyl groups excluding tert-OH is 1. The van der Waals surface area contributed by atoms with Gasteiger partial charge in [0.15, 0.2) is 0 Å². The second kappa shape index (κ2) is 6.05. The highest BCUT2D eigenvalue weighted by molar-refractivity contribution is 7.89. The summed E-state index contributed by atoms with van der Waals surface area (Å²) in [6.07, 6.45) is 0. The summed E-state index contributed by atoms with van der Waals surface area (Å²) in [5, 5.41) is 11.3. The van der Waals surface area contributed by atoms with Crippen molar-refractivity contribution in [2.45, 2.75) is 4.90 Å². The van der Waals surface area contributed by atoms with Crippen LogP contribution >= 0.6 is 0 Å². The molecule has 1 fully saturated rings. The highest BCUT2D eigenvalue weighted by atomic mass is 32.2. The summed E-state index contributed by atoms with van der Waals surface area (Å²) in [6, 6.07) is 6.28. The fourth-order valence-corrected chi connectivity index (χ4v) is 3.43. The molecule has 2 rings (SSSR count). The number of nitrogens with zero attached hydrogens (tertiary/aromatic N) is 1. The normalized spacial score (nSPS) is 16.1. The van der Waals surface area contributed by atoms with Crippen molar-refractivity contribution < 1.29 is 18.3 Å². The Balaban J connectivity index is 2.41. The predicted molar refractivity (Wildman–Crippen MR) is 72.2 cm³/mol. The molecule has 0 saturated carbocycles. The molecule has 1 aliphatic heterocycles. The van der Waals surface area contributed by atoms with Crippen molar-refractivity contribution in [3.63, 3.8) is 0 Å². The van der Waals surface area contributed by atoms with Crippen molar-refractivity contribution in [1.82, 2.24) is 9.62 Å². The van der Waals surface area contributed by atoms with Gasteiger partial charge in [-0.2, -0.15) is 4.31 Å². The summed E-state index contributed by atoms with van der Waals surface area (Å²) < 4.78 is 26.2. The van der Waals surface area contributed by atoms with Crippen molar-refractivity contribution in [1.29, 1.82) is 0 Å². The summed E-state index contributed by atoms with van der Waals surface area (Å²) in [7, 11) is -3.77. The molecule has 0 aromatic heterocycles. The molecule has 1 saturated heterocycles. The molecular formula is C13H14N2O4S. The molecule has 7 heteroatoms. The Morgan fingerprint density at radius 3 is 2.80 bits per heavy atom. The van der Waals surface area contributed by atoms with E-state index < -0.39 is 10.0 Å². The van der Waals surface area contributed by atoms with Gasteiger partial charge in [0.05, 0.1) is 11.4 Å². The van der Waals surface area contributed by atoms with Gasteiger partial charge in [0.25, 0.3) is 0 Å². The van der Waals surface area contributed by atoms with Gasteiger partial charge in [-0.1, -0.05) is 24.0 Å². The van der Waals surface area contributed by atoms with Crippen LogP contribution in [0.1, 0.15) is 5.56 Å². The molecule has 1 aromatic carbocycles. The predicted octanol–water partition coefficient (Wildman–Crippen LogP) is -0.849. The molecule has 1 heterocycles. The molecule has 0 bridgehead atoms. The Morgan fingerprint density at radius 2 is 2.10 bits per heavy atom. The van der Waals surface area contributed by atoms with Gasteiger partial charge >= 0.3 is 0 Å². The molecule has 1 aromatic rings. The minimum Gasteiger partial charge on any atom is -0.384 e. The van der Waals surface area contributed by atoms with E-state index in [1.54, 1.807) is 18.2 Å². The quantitative estimate of drug-likeness (QED) is 0.696. The Bertz CT molecular complexity index is 673. The number of benzene rings is 1. The van der Waals surface area contributed by atoms with Gasteiger partial charge in [-0.05, 0) is 12.1 Å². The minimum absolute atomic E-state index is 0.0515. The maximum Gasteiger partial charge on any atom is 0.244 e. The van der Waals surface area contributed by atoms with E-state index in [0.29, 0.717) is 12.1 Å². The van der Waals surface area contributed by atoms with Crippen molar-refractivity contribution in [2.24, 2.45) is 0 Å². The van der Waals surface area contributed by atoms with Crippen LogP contribution in [0.25, 0.3) is 0 Å². The SMILES string of the molecule is O=C1CN(S(=O)(=O)c2ccccc2C#CCO)CCN1. The Kier molecular flexibility index (Phi) is 4.39. The number of rotatable bonds is 2. The maximum absolute atomic E-state index is 12.5. The topological polar surface area (TPSA) is 86.7 Å². The molecule has 0 atom stereocenters. The van der Waals surface area contributed by atoms with Crippen LogP contribution in [-0.4, -0.2) is 50.0 Å². The van der Waals surface area contributed by atoms with Gasteiger partial charge in [-0.15, -0.1) is 0 Å². The smallest absolute Gasteiger partial charge is 0.244 e. The lowest BCUT2D eigenvalue weighted by Gasteiger charge is -2.26. The van der Waals surface area contributed by atoms with Crippen LogP contribution in [0.3, 0.4) is 0 Å². The zero-order valence-electron chi connectivity index (χ0n) is 10.7. The van der Waals surface area contributed by atoms with Crippen LogP contribution in [0.4, 0.5) is 0 Å². The third-order valence-corrected chi connectivity index (χ3v) is 4.71. The van der Waals surface area contributed by atoms with Crippen LogP contribution < -0.4 is 5.32 Å². The summed E-state index contributed by atoms with van der Waals surface area (Å²) in [4.78, 5) is 11.4. The Hall–Kier alpha value is -1.88. The van der Waals surface area contributed by atoms with Crippen LogP contribution in [0.15, 0.2) is 29.2 Å². The fourth-order valence-electron chi connectivity index (χ4n) is 1.89. The molecule has 1 aliphatic rings. The molecule has 106 valence electrons. The van der Waals surface area contributed by atoms with E-state index in [1.165, 1.54) is 6.07 Å². The number of aliphatic hydroxyl groups is 1. The minimum atomic E-state index is -3.77. The molecule has 0 unspecified atom stereocenters. The van der Waals surface area contributed by atoms with E-state index in [-0.39, 0.29) is 30.5 Å². The molecular weight excluding hydrogens is 280 g/mol. The molecule has 6 nitrogen and oxygen atoms in total. The number of sulfonamides is 1. The van der Waals surface area contributed by atoms with Crippen molar-refractivity contribution in [3.8, 4) is 11.8 Å². The first-order chi connectivity index (χ1) is 9.55. The lowest BCUT2D eigenvalue weighted by atomic mass is 10.2. The van der Waals surface area contributed by atoms with Crippen molar-refractivity contribution in [2.75, 3.05) is 26.2 Å². The molecule has 0 spiro atoms. The third kappa shape index (κ3) is 2.99. The third-order valence-electron chi connectivity index (χ3n) is 2.81. The first-order valence-corrected chi connectivity index (χ1v) is 7.45. The number of amides is 1. The monoisotopic (exact) mass is 294 g/mol. The average molecular weight is 294 g/mol. The zero-order chi connectivity index (χ0) is 14.6. The molecule has 0 radical (unpaired) electrons. The van der Waals surface area contributed by atoms with Crippen LogP contribution in [0.5, 0.6) is 0 Å². The lowest BCUT2D eigenvalue weighted by Crippen LogP contribution is -2.49. The summed E-state index contributed by atoms with van der Waals surface area (Å²) in [5.41, 5.74) is 0.313. The van der Waals surface area contributed by atoms with Gasteiger partial charge in [0.2, 0.25) is 15.9 Å². The Labute approximate surface area is 117 Å². The molecule has 1 amide bonds. The van der Waals surface area contributed by atoms with Crippen LogP contribution in [0, 0.1) is 11.8 Å². The van der Waals surface area contributed by atoms with E-state index in [4.69, 9.17) is 5.11 Å². The maximum atomic E-state index is 12.5. The number of hydrogen-bond donors (Lipinski definition) is 2. The largest absolute Gasteiger partial charge is 0.384 e. The highest BCUT2D eigenvalue weighted by Gasteiger charge is 2.30. The first kappa shape index (κ1) is 14.5. The van der Waals surface area contributed by atoms with E-state index in [2.05, 4.69) is 17.2 Å². The summed E-state index contributed by atoms with van der Waals surface area (Å²) in [5.74, 6) is 4.72. The second-order valence-corrected chi connectivity index (χ2v) is 6.05. The highest BCUT2D eigenvalue weighted by Crippen LogP contribution is 2.20. The number of hydrogen-bond acceptors (Lipinski definition) is 4. The fraction of sp³-hybridized carbons (Fsp3) is 0.308. The zero-order valence-corrected chi connectivity index (χ0v) is 11.5. The van der Waals surface area contributed by atoms with E-state index in [1.807, 2.05) is 0 Å². The number of carbonyl (C=O) groups excluding carboxylic acids is 1. The molecule has 2 N–H and O–H groups in total. The van der Waals surface area contributed by atoms with Crippen LogP contribution in [0.2, 0.25) is 0 Å². The molecule has 20 heavy (non-hydrogen) atoms. The van der Waals surface area contributed by atoms with E-state index >= 15 is 0 Å². The van der Waals surface area contributed by atoms with E-state index in [9.17, 15) is 13.2 Å². The first-order valence-electron chi connectivity index (χ1n) is 6.01. The van der Waals surface area contributed by atoms with Crippen molar-refractivity contribution >= 4 is 15.9 Å². The lowest BCUT2D eigenvalue weighted by molar-refractivity contribution is -0.122. The number of piperazine rings is 1. The van der Waals surface area contributed by atoms with Crippen LogP contribution in [-0.2, 0) is 14.8 Å². The van der Waals surface area contributed by atoms with Gasteiger partial charge in [-0.3, -0.25) is 4.79 Å². The average Bonchev–Trinajstić information content (AvgIpc) is 2.45. The molecule has 0 aliphatic carbocycles. The van der Waals surface area contributed by atoms with Gasteiger partial charge in [-0.25, -0.2) is 8.42 Å².